The molecule has 134 valence electrons. The molecule has 0 N–H and O–H groups in total. The number of hydrogen-bond donors (Lipinski definition) is 0. The quantitative estimate of drug-likeness (QED) is 0.711. The number of Topliss-reactive ketones (excluding diaryl/α,β-unsaturated/α-hetero) is 1. The van der Waals surface area contributed by atoms with Crippen LogP contribution in [0.1, 0.15) is 19.5 Å². The maximum atomic E-state index is 12.4. The van der Waals surface area contributed by atoms with Crippen LogP contribution in [-0.4, -0.2) is 44.9 Å². The summed E-state index contributed by atoms with van der Waals surface area (Å²) in [6, 6.07) is 8.32. The predicted octanol–water partition coefficient (Wildman–Crippen LogP) is 3.09. The number of ketones is 1. The zero-order valence-corrected chi connectivity index (χ0v) is 15.6. The molecule has 3 heterocycles. The number of pyridine rings is 1. The van der Waals surface area contributed by atoms with Gasteiger partial charge in [0.15, 0.2) is 5.78 Å². The highest BCUT2D eigenvalue weighted by Crippen LogP contribution is 2.28. The summed E-state index contributed by atoms with van der Waals surface area (Å²) in [6.45, 7) is 6.99. The Morgan fingerprint density at radius 2 is 1.96 bits per heavy atom. The van der Waals surface area contributed by atoms with Gasteiger partial charge < -0.3 is 4.57 Å². The van der Waals surface area contributed by atoms with Crippen molar-refractivity contribution in [2.24, 2.45) is 12.5 Å². The molecular weight excluding hydrogens is 324 g/mol. The zero-order valence-electron chi connectivity index (χ0n) is 15.6. The molecule has 5 nitrogen and oxygen atoms in total. The van der Waals surface area contributed by atoms with Gasteiger partial charge in [0.2, 0.25) is 0 Å². The molecule has 0 amide bonds. The summed E-state index contributed by atoms with van der Waals surface area (Å²) in [5.41, 5.74) is 3.37. The first kappa shape index (κ1) is 16.9. The Morgan fingerprint density at radius 1 is 1.15 bits per heavy atom. The van der Waals surface area contributed by atoms with Gasteiger partial charge in [0.05, 0.1) is 31.2 Å². The average Bonchev–Trinajstić information content (AvgIpc) is 2.98. The van der Waals surface area contributed by atoms with Gasteiger partial charge in [-0.3, -0.25) is 14.7 Å². The summed E-state index contributed by atoms with van der Waals surface area (Å²) < 4.78 is 2.00. The van der Waals surface area contributed by atoms with E-state index in [0.717, 1.165) is 40.8 Å². The van der Waals surface area contributed by atoms with Gasteiger partial charge in [0.25, 0.3) is 0 Å². The Kier molecular flexibility index (Phi) is 4.11. The van der Waals surface area contributed by atoms with Crippen LogP contribution in [0, 0.1) is 5.41 Å². The second-order valence-electron chi connectivity index (χ2n) is 8.15. The summed E-state index contributed by atoms with van der Waals surface area (Å²) in [4.78, 5) is 23.2. The number of likely N-dealkylation sites (tertiary alicyclic amines) is 1. The van der Waals surface area contributed by atoms with Gasteiger partial charge in [0.1, 0.15) is 0 Å². The van der Waals surface area contributed by atoms with E-state index < -0.39 is 0 Å². The van der Waals surface area contributed by atoms with Gasteiger partial charge in [-0.25, -0.2) is 4.98 Å². The molecule has 2 aromatic heterocycles. The zero-order chi connectivity index (χ0) is 18.3. The molecule has 1 saturated heterocycles. The van der Waals surface area contributed by atoms with E-state index in [1.54, 1.807) is 6.33 Å². The van der Waals surface area contributed by atoms with Crippen molar-refractivity contribution in [1.82, 2.24) is 19.4 Å². The molecule has 4 rings (SSSR count). The third-order valence-corrected chi connectivity index (χ3v) is 4.97. The lowest BCUT2D eigenvalue weighted by atomic mass is 9.84. The number of aromatic nitrogens is 3. The molecule has 0 unspecified atom stereocenters. The maximum Gasteiger partial charge on any atom is 0.152 e. The van der Waals surface area contributed by atoms with Gasteiger partial charge in [0, 0.05) is 43.0 Å². The Balaban J connectivity index is 1.51. The summed E-state index contributed by atoms with van der Waals surface area (Å²) in [5, 5.41) is 2.18. The summed E-state index contributed by atoms with van der Waals surface area (Å²) in [5.74, 6) is 0.232. The second kappa shape index (κ2) is 6.32. The number of benzene rings is 1. The van der Waals surface area contributed by atoms with Gasteiger partial charge in [-0.2, -0.15) is 0 Å². The number of carbonyl (C=O) groups is 1. The molecule has 1 aliphatic heterocycles. The van der Waals surface area contributed by atoms with Crippen LogP contribution >= 0.6 is 0 Å². The number of fused-ring (bicyclic) bond motifs is 1. The van der Waals surface area contributed by atoms with E-state index in [0.29, 0.717) is 18.4 Å². The highest BCUT2D eigenvalue weighted by atomic mass is 16.1. The van der Waals surface area contributed by atoms with E-state index in [2.05, 4.69) is 46.9 Å². The first-order valence-corrected chi connectivity index (χ1v) is 8.99. The van der Waals surface area contributed by atoms with E-state index in [-0.39, 0.29) is 5.78 Å². The molecule has 0 atom stereocenters. The highest BCUT2D eigenvalue weighted by Gasteiger charge is 2.34. The number of nitrogens with zero attached hydrogens (tertiary/aromatic N) is 4. The van der Waals surface area contributed by atoms with Crippen molar-refractivity contribution in [1.29, 1.82) is 0 Å². The molecule has 0 saturated carbocycles. The first-order chi connectivity index (χ1) is 12.4. The minimum absolute atomic E-state index is 0.232. The van der Waals surface area contributed by atoms with Crippen LogP contribution in [0.4, 0.5) is 0 Å². The first-order valence-electron chi connectivity index (χ1n) is 8.99. The minimum atomic E-state index is 0.232. The summed E-state index contributed by atoms with van der Waals surface area (Å²) in [7, 11) is 1.99. The minimum Gasteiger partial charge on any atom is -0.334 e. The third kappa shape index (κ3) is 3.40. The highest BCUT2D eigenvalue weighted by molar-refractivity contribution is 5.88. The van der Waals surface area contributed by atoms with Crippen LogP contribution in [0.3, 0.4) is 0 Å². The fourth-order valence-corrected chi connectivity index (χ4v) is 3.86. The van der Waals surface area contributed by atoms with Crippen LogP contribution in [0.2, 0.25) is 0 Å². The SMILES string of the molecule is Cn1cncc1-c1ccc2cnc(CC(=O)CN3CC(C)(C)C3)cc2c1. The Morgan fingerprint density at radius 3 is 2.65 bits per heavy atom. The Hall–Kier alpha value is -2.53. The summed E-state index contributed by atoms with van der Waals surface area (Å²) >= 11 is 0. The number of hydrogen-bond acceptors (Lipinski definition) is 4. The van der Waals surface area contributed by atoms with Gasteiger partial charge >= 0.3 is 0 Å². The molecule has 26 heavy (non-hydrogen) atoms. The van der Waals surface area contributed by atoms with Gasteiger partial charge in [-0.1, -0.05) is 26.0 Å². The van der Waals surface area contributed by atoms with Crippen molar-refractivity contribution < 1.29 is 4.79 Å². The second-order valence-corrected chi connectivity index (χ2v) is 8.15. The monoisotopic (exact) mass is 348 g/mol. The molecule has 5 heteroatoms. The lowest BCUT2D eigenvalue weighted by Gasteiger charge is -2.45. The van der Waals surface area contributed by atoms with Crippen molar-refractivity contribution in [2.75, 3.05) is 19.6 Å². The molecule has 3 aromatic rings. The largest absolute Gasteiger partial charge is 0.334 e. The Bertz CT molecular complexity index is 965. The van der Waals surface area contributed by atoms with Crippen LogP contribution in [0.25, 0.3) is 22.0 Å². The lowest BCUT2D eigenvalue weighted by molar-refractivity contribution is -0.122. The molecular formula is C21H24N4O. The molecule has 0 spiro atoms. The smallest absolute Gasteiger partial charge is 0.152 e. The number of imidazole rings is 1. The van der Waals surface area contributed by atoms with Crippen LogP contribution in [0.5, 0.6) is 0 Å². The van der Waals surface area contributed by atoms with Crippen LogP contribution < -0.4 is 0 Å². The number of rotatable bonds is 5. The Labute approximate surface area is 153 Å². The fourth-order valence-electron chi connectivity index (χ4n) is 3.86. The van der Waals surface area contributed by atoms with Crippen LogP contribution in [-0.2, 0) is 18.3 Å². The average molecular weight is 348 g/mol. The lowest BCUT2D eigenvalue weighted by Crippen LogP contribution is -2.54. The molecule has 0 bridgehead atoms. The maximum absolute atomic E-state index is 12.4. The number of aryl methyl sites for hydroxylation is 1. The van der Waals surface area contributed by atoms with Crippen molar-refractivity contribution in [3.05, 3.63) is 48.7 Å². The molecule has 1 aromatic carbocycles. The summed E-state index contributed by atoms with van der Waals surface area (Å²) in [6.07, 6.45) is 5.91. The van der Waals surface area contributed by atoms with Crippen molar-refractivity contribution >= 4 is 16.6 Å². The molecule has 0 radical (unpaired) electrons. The van der Waals surface area contributed by atoms with Crippen molar-refractivity contribution in [2.45, 2.75) is 20.3 Å². The van der Waals surface area contributed by atoms with E-state index in [1.165, 1.54) is 0 Å². The fraction of sp³-hybridized carbons (Fsp3) is 0.381. The predicted molar refractivity (Wildman–Crippen MR) is 103 cm³/mol. The van der Waals surface area contributed by atoms with Gasteiger partial charge in [-0.05, 0) is 22.9 Å². The van der Waals surface area contributed by atoms with E-state index in [9.17, 15) is 4.79 Å². The van der Waals surface area contributed by atoms with E-state index >= 15 is 0 Å². The molecule has 0 aliphatic carbocycles. The molecule has 1 fully saturated rings. The normalized spacial score (nSPS) is 16.6. The van der Waals surface area contributed by atoms with Crippen LogP contribution in [0.15, 0.2) is 43.0 Å². The third-order valence-electron chi connectivity index (χ3n) is 4.97. The van der Waals surface area contributed by atoms with E-state index in [1.807, 2.05) is 30.1 Å². The van der Waals surface area contributed by atoms with Crippen molar-refractivity contribution in [3.8, 4) is 11.3 Å². The topological polar surface area (TPSA) is 51.0 Å². The number of carbonyl (C=O) groups excluding carboxylic acids is 1. The van der Waals surface area contributed by atoms with Crippen molar-refractivity contribution in [3.63, 3.8) is 0 Å². The van der Waals surface area contributed by atoms with E-state index in [4.69, 9.17) is 0 Å². The molecule has 1 aliphatic rings. The van der Waals surface area contributed by atoms with Gasteiger partial charge in [-0.15, -0.1) is 0 Å². The standard InChI is InChI=1S/C21H24N4O/c1-21(2)12-25(13-21)11-19(26)8-18-7-17-6-15(4-5-16(17)9-23-18)20-10-22-14-24(20)3/h4-7,9-10,14H,8,11-13H2,1-3H3.